The van der Waals surface area contributed by atoms with Crippen LogP contribution in [0.15, 0.2) is 122 Å². The average molecular weight is 1120 g/mol. The van der Waals surface area contributed by atoms with E-state index in [9.17, 15) is 37.2 Å². The second-order valence-corrected chi connectivity index (χ2v) is 17.4. The zero-order valence-electron chi connectivity index (χ0n) is 37.4. The molecule has 6 aromatic rings. The number of carbonyl (C=O) groups excluding carboxylic acids is 6. The van der Waals surface area contributed by atoms with Gasteiger partial charge in [-0.15, -0.1) is 17.2 Å². The van der Waals surface area contributed by atoms with Crippen LogP contribution in [-0.2, 0) is 70.0 Å². The number of benzene rings is 2. The van der Waals surface area contributed by atoms with Crippen molar-refractivity contribution in [3.63, 3.8) is 0 Å². The molecule has 5 heterocycles. The molecule has 1 saturated heterocycles. The number of Topliss-reactive ketones (excluding diaryl/α,β-unsaturated/α-hetero) is 1. The fourth-order valence-electron chi connectivity index (χ4n) is 6.32. The summed E-state index contributed by atoms with van der Waals surface area (Å²) in [6.07, 6.45) is 12.3. The summed E-state index contributed by atoms with van der Waals surface area (Å²) >= 11 is 0. The molecule has 4 aromatic heterocycles. The summed E-state index contributed by atoms with van der Waals surface area (Å²) in [4.78, 5) is 86.1. The van der Waals surface area contributed by atoms with Crippen molar-refractivity contribution >= 4 is 45.2 Å². The quantitative estimate of drug-likeness (QED) is 0.0647. The van der Waals surface area contributed by atoms with Crippen LogP contribution in [0, 0.1) is 19.1 Å². The molecule has 0 spiro atoms. The Bertz CT molecular complexity index is 2590. The van der Waals surface area contributed by atoms with Gasteiger partial charge in [-0.25, -0.2) is 13.2 Å². The van der Waals surface area contributed by atoms with Gasteiger partial charge in [-0.1, -0.05) is 0 Å². The van der Waals surface area contributed by atoms with Crippen molar-refractivity contribution < 1.29 is 62.1 Å². The first-order chi connectivity index (χ1) is 32.2. The van der Waals surface area contributed by atoms with Crippen LogP contribution in [0.4, 0.5) is 0 Å². The Labute approximate surface area is 408 Å². The van der Waals surface area contributed by atoms with Crippen LogP contribution in [0.25, 0.3) is 22.8 Å². The molecule has 2 aromatic carbocycles. The van der Waals surface area contributed by atoms with E-state index in [4.69, 9.17) is 4.84 Å². The first kappa shape index (κ1) is 53.6. The van der Waals surface area contributed by atoms with Crippen molar-refractivity contribution in [2.24, 2.45) is 0 Å². The van der Waals surface area contributed by atoms with Crippen LogP contribution < -0.4 is 10.6 Å². The van der Waals surface area contributed by atoms with E-state index in [0.717, 1.165) is 28.8 Å². The Kier molecular flexibility index (Phi) is 21.7. The van der Waals surface area contributed by atoms with Crippen LogP contribution in [0.3, 0.4) is 0 Å². The molecule has 7 rings (SSSR count). The van der Waals surface area contributed by atoms with Gasteiger partial charge < -0.3 is 15.5 Å². The Morgan fingerprint density at radius 1 is 0.750 bits per heavy atom. The molecule has 1 atom stereocenters. The summed E-state index contributed by atoms with van der Waals surface area (Å²) in [6.45, 7) is 2.02. The van der Waals surface area contributed by atoms with E-state index in [2.05, 4.69) is 42.9 Å². The third kappa shape index (κ3) is 18.7. The molecule has 359 valence electrons. The minimum Gasteiger partial charge on any atom is -0.354 e. The van der Waals surface area contributed by atoms with Gasteiger partial charge >= 0.3 is 5.97 Å². The number of imide groups is 1. The van der Waals surface area contributed by atoms with Gasteiger partial charge in [-0.3, -0.25) is 43.3 Å². The molecule has 1 aliphatic rings. The smallest absolute Gasteiger partial charge is 0.333 e. The maximum Gasteiger partial charge on any atom is 0.333 e. The number of hydrogen-bond acceptors (Lipinski definition) is 13. The van der Waals surface area contributed by atoms with E-state index in [1.807, 2.05) is 92.1 Å². The van der Waals surface area contributed by atoms with E-state index in [1.165, 1.54) is 0 Å². The molecule has 0 bridgehead atoms. The first-order valence-corrected chi connectivity index (χ1v) is 23.4. The fraction of sp³-hybridized carbons (Fsp3) is 0.292. The molecule has 68 heavy (non-hydrogen) atoms. The predicted molar refractivity (Wildman–Crippen MR) is 245 cm³/mol. The number of carbonyl (C=O) groups is 6. The average Bonchev–Trinajstić information content (AvgIpc) is 4.12. The third-order valence-electron chi connectivity index (χ3n) is 9.58. The van der Waals surface area contributed by atoms with E-state index in [0.29, 0.717) is 22.9 Å². The molecule has 2 N–H and O–H groups in total. The number of hydroxylamine groups is 2. The molecule has 1 aliphatic heterocycles. The Morgan fingerprint density at radius 2 is 1.35 bits per heavy atom. The fourth-order valence-corrected chi connectivity index (χ4v) is 7.16. The van der Waals surface area contributed by atoms with Crippen molar-refractivity contribution in [1.82, 2.24) is 45.2 Å². The number of aryl methyl sites for hydroxylation is 1. The molecule has 1 fully saturated rings. The Morgan fingerprint density at radius 3 is 1.90 bits per heavy atom. The van der Waals surface area contributed by atoms with Gasteiger partial charge in [-0.05, 0) is 85.1 Å². The maximum atomic E-state index is 12.7. The summed E-state index contributed by atoms with van der Waals surface area (Å²) in [6, 6.07) is 31.4. The Hall–Kier alpha value is -7.02. The van der Waals surface area contributed by atoms with Gasteiger partial charge in [0.15, 0.2) is 0 Å². The molecule has 4 amide bonds. The zero-order valence-corrected chi connectivity index (χ0v) is 40.7. The molecule has 0 saturated carbocycles. The second-order valence-electron chi connectivity index (χ2n) is 15.2. The number of nitrogens with one attached hydrogen (secondary N) is 2. The number of amides is 4. The van der Waals surface area contributed by atoms with Crippen molar-refractivity contribution in [1.29, 1.82) is 0 Å². The minimum atomic E-state index is -3.64. The van der Waals surface area contributed by atoms with Crippen molar-refractivity contribution in [2.45, 2.75) is 70.8 Å². The normalized spacial score (nSPS) is 12.3. The van der Waals surface area contributed by atoms with Gasteiger partial charge in [-0.2, -0.15) is 58.7 Å². The number of nitrogens with zero attached hydrogens (tertiary/aromatic N) is 7. The number of aromatic nitrogens is 6. The van der Waals surface area contributed by atoms with Gasteiger partial charge in [0.05, 0.1) is 17.1 Å². The molecule has 1 unspecified atom stereocenters. The van der Waals surface area contributed by atoms with Crippen LogP contribution >= 0.6 is 0 Å². The molecule has 20 heteroatoms. The van der Waals surface area contributed by atoms with Gasteiger partial charge in [0.25, 0.3) is 11.8 Å². The predicted octanol–water partition coefficient (Wildman–Crippen LogP) is 4.50. The molecular weight excluding hydrogens is 1070 g/mol. The van der Waals surface area contributed by atoms with E-state index in [-0.39, 0.29) is 83.8 Å². The number of rotatable bonds is 19. The SMILES string of the molecule is Cc1ccnc(-c2cc(CC(=O)CCCC(=O)NC(CS(C)(=O)=O)C(=O)NCCCCC(=O)ON3C(=O)CCC3=O)ccn2)c1.[Ir].[c-]1ccccc1-n1cccn1.[c-]1ccccc1-n1cccn1. The van der Waals surface area contributed by atoms with Gasteiger partial charge in [0.1, 0.15) is 21.7 Å². The largest absolute Gasteiger partial charge is 0.354 e. The van der Waals surface area contributed by atoms with Crippen LogP contribution in [0.2, 0.25) is 0 Å². The summed E-state index contributed by atoms with van der Waals surface area (Å²) < 4.78 is 27.3. The minimum absolute atomic E-state index is 0. The van der Waals surface area contributed by atoms with E-state index < -0.39 is 51.2 Å². The molecule has 0 aliphatic carbocycles. The number of para-hydroxylation sites is 2. The van der Waals surface area contributed by atoms with E-state index >= 15 is 0 Å². The third-order valence-corrected chi connectivity index (χ3v) is 10.5. The monoisotopic (exact) mass is 1120 g/mol. The van der Waals surface area contributed by atoms with Crippen molar-refractivity contribution in [3.05, 3.63) is 145 Å². The maximum absolute atomic E-state index is 12.7. The first-order valence-electron chi connectivity index (χ1n) is 21.4. The number of ketones is 1. The van der Waals surface area contributed by atoms with Crippen LogP contribution in [0.1, 0.15) is 62.5 Å². The number of unbranched alkanes of at least 4 members (excludes halogenated alkanes) is 1. The number of sulfone groups is 1. The standard InChI is InChI=1S/C30H37N5O9S.2C9H7N2.Ir/c1-20-11-14-31-23(16-20)24-18-21(12-15-32-24)17-22(36)6-5-7-26(37)34-25(19-45(2,42)43)30(41)33-13-4-3-8-29(40)44-35-27(38)9-10-28(35)39;2*1-2-5-9(6-3-1)11-8-4-7-10-11;/h11-12,14-16,18,25H,3-10,13,17,19H2,1-2H3,(H,33,41)(H,34,37);2*1-5,7-8H;/q;2*-1;. The van der Waals surface area contributed by atoms with Crippen LogP contribution in [-0.4, -0.2) is 103 Å². The summed E-state index contributed by atoms with van der Waals surface area (Å²) in [5.41, 5.74) is 5.08. The molecule has 1 radical (unpaired) electrons. The van der Waals surface area contributed by atoms with Crippen molar-refractivity contribution in [3.8, 4) is 22.8 Å². The summed E-state index contributed by atoms with van der Waals surface area (Å²) in [5.74, 6) is -3.92. The second kappa shape index (κ2) is 27.6. The summed E-state index contributed by atoms with van der Waals surface area (Å²) in [5, 5.41) is 13.6. The van der Waals surface area contributed by atoms with E-state index in [1.54, 1.807) is 46.3 Å². The van der Waals surface area contributed by atoms with Gasteiger partial charge in [0, 0.05) is 109 Å². The number of pyridine rings is 2. The van der Waals surface area contributed by atoms with Crippen molar-refractivity contribution in [2.75, 3.05) is 18.6 Å². The zero-order chi connectivity index (χ0) is 48.0. The van der Waals surface area contributed by atoms with Gasteiger partial charge in [0.2, 0.25) is 11.8 Å². The Balaban J connectivity index is 0.000000350. The summed E-state index contributed by atoms with van der Waals surface area (Å²) in [7, 11) is -3.64. The topological polar surface area (TPSA) is 235 Å². The molecule has 18 nitrogen and oxygen atoms in total. The van der Waals surface area contributed by atoms with Crippen LogP contribution in [0.5, 0.6) is 0 Å². The number of hydrogen-bond donors (Lipinski definition) is 2. The molecular formula is C48H51IrN9O9S-2.